The molecule has 0 aliphatic carbocycles. The fourth-order valence-corrected chi connectivity index (χ4v) is 0.345. The molecule has 0 aromatic rings. The molecular formula is C5H7ClO2. The fourth-order valence-electron chi connectivity index (χ4n) is 0.242. The molecule has 2 nitrogen and oxygen atoms in total. The van der Waals surface area contributed by atoms with Crippen LogP contribution < -0.4 is 0 Å². The van der Waals surface area contributed by atoms with Crippen molar-refractivity contribution in [3.05, 3.63) is 11.6 Å². The van der Waals surface area contributed by atoms with Crippen molar-refractivity contribution in [1.82, 2.24) is 0 Å². The van der Waals surface area contributed by atoms with Gasteiger partial charge in [-0.1, -0.05) is 11.6 Å². The van der Waals surface area contributed by atoms with Gasteiger partial charge in [-0.05, 0) is 6.92 Å². The van der Waals surface area contributed by atoms with E-state index in [0.29, 0.717) is 6.61 Å². The Labute approximate surface area is 53.1 Å². The minimum absolute atomic E-state index is 0.389. The van der Waals surface area contributed by atoms with Gasteiger partial charge < -0.3 is 4.74 Å². The smallest absolute Gasteiger partial charge is 0.331 e. The molecule has 0 heterocycles. The molecule has 0 aliphatic rings. The molecule has 0 aliphatic heterocycles. The monoisotopic (exact) mass is 134 g/mol. The van der Waals surface area contributed by atoms with Gasteiger partial charge >= 0.3 is 5.97 Å². The highest BCUT2D eigenvalue weighted by atomic mass is 35.5. The third-order valence-corrected chi connectivity index (χ3v) is 0.612. The SMILES string of the molecule is CCOC(=O)/C=C\Cl. The topological polar surface area (TPSA) is 26.3 Å². The highest BCUT2D eigenvalue weighted by molar-refractivity contribution is 6.26. The standard InChI is InChI=1S/C5H7ClO2/c1-2-8-5(7)3-4-6/h3-4H,2H2,1H3/b4-3-. The third-order valence-electron chi connectivity index (χ3n) is 0.486. The number of halogens is 1. The average molecular weight is 135 g/mol. The van der Waals surface area contributed by atoms with Crippen molar-refractivity contribution < 1.29 is 9.53 Å². The van der Waals surface area contributed by atoms with E-state index in [1.165, 1.54) is 0 Å². The lowest BCUT2D eigenvalue weighted by Gasteiger charge is -1.91. The zero-order valence-corrected chi connectivity index (χ0v) is 5.31. The number of esters is 1. The summed E-state index contributed by atoms with van der Waals surface area (Å²) in [7, 11) is 0. The van der Waals surface area contributed by atoms with Gasteiger partial charge in [0.1, 0.15) is 0 Å². The molecule has 8 heavy (non-hydrogen) atoms. The Morgan fingerprint density at radius 2 is 2.50 bits per heavy atom. The van der Waals surface area contributed by atoms with Crippen molar-refractivity contribution in [1.29, 1.82) is 0 Å². The molecule has 0 aromatic carbocycles. The van der Waals surface area contributed by atoms with Gasteiger partial charge in [0.25, 0.3) is 0 Å². The van der Waals surface area contributed by atoms with Crippen LogP contribution in [0.3, 0.4) is 0 Å². The van der Waals surface area contributed by atoms with E-state index >= 15 is 0 Å². The quantitative estimate of drug-likeness (QED) is 0.420. The van der Waals surface area contributed by atoms with Crippen LogP contribution in [0.25, 0.3) is 0 Å². The van der Waals surface area contributed by atoms with Crippen LogP contribution in [0, 0.1) is 0 Å². The van der Waals surface area contributed by atoms with Gasteiger partial charge in [0.2, 0.25) is 0 Å². The molecule has 0 radical (unpaired) electrons. The average Bonchev–Trinajstić information content (AvgIpc) is 1.68. The van der Waals surface area contributed by atoms with E-state index in [9.17, 15) is 4.79 Å². The first-order valence-corrected chi connectivity index (χ1v) is 2.68. The summed E-state index contributed by atoms with van der Waals surface area (Å²) >= 11 is 5.05. The Hall–Kier alpha value is -0.500. The van der Waals surface area contributed by atoms with Gasteiger partial charge in [0, 0.05) is 11.6 Å². The number of carbonyl (C=O) groups excluding carboxylic acids is 1. The Balaban J connectivity index is 3.33. The van der Waals surface area contributed by atoms with Gasteiger partial charge in [-0.15, -0.1) is 0 Å². The summed E-state index contributed by atoms with van der Waals surface area (Å²) in [4.78, 5) is 10.2. The van der Waals surface area contributed by atoms with E-state index in [1.807, 2.05) is 0 Å². The molecule has 46 valence electrons. The molecule has 0 spiro atoms. The molecule has 0 saturated carbocycles. The molecular weight excluding hydrogens is 128 g/mol. The van der Waals surface area contributed by atoms with Gasteiger partial charge in [-0.25, -0.2) is 4.79 Å². The van der Waals surface area contributed by atoms with Crippen LogP contribution in [0.2, 0.25) is 0 Å². The predicted octanol–water partition coefficient (Wildman–Crippen LogP) is 1.30. The molecule has 0 amide bonds. The maximum absolute atomic E-state index is 10.2. The van der Waals surface area contributed by atoms with Gasteiger partial charge in [0.15, 0.2) is 0 Å². The Kier molecular flexibility index (Phi) is 4.36. The molecule has 0 unspecified atom stereocenters. The van der Waals surface area contributed by atoms with Crippen LogP contribution in [0.4, 0.5) is 0 Å². The summed E-state index contributed by atoms with van der Waals surface area (Å²) in [5.74, 6) is -0.400. The van der Waals surface area contributed by atoms with E-state index < -0.39 is 5.97 Å². The first-order valence-electron chi connectivity index (χ1n) is 2.24. The predicted molar refractivity (Wildman–Crippen MR) is 31.6 cm³/mol. The zero-order chi connectivity index (χ0) is 6.41. The second-order valence-electron chi connectivity index (χ2n) is 1.04. The van der Waals surface area contributed by atoms with E-state index in [2.05, 4.69) is 4.74 Å². The van der Waals surface area contributed by atoms with Crippen molar-refractivity contribution in [2.24, 2.45) is 0 Å². The molecule has 3 heteroatoms. The van der Waals surface area contributed by atoms with Crippen LogP contribution in [-0.2, 0) is 9.53 Å². The van der Waals surface area contributed by atoms with Gasteiger partial charge in [0.05, 0.1) is 6.61 Å². The largest absolute Gasteiger partial charge is 0.463 e. The second-order valence-corrected chi connectivity index (χ2v) is 1.30. The fraction of sp³-hybridized carbons (Fsp3) is 0.400. The van der Waals surface area contributed by atoms with Crippen molar-refractivity contribution in [2.45, 2.75) is 6.92 Å². The second kappa shape index (κ2) is 4.65. The van der Waals surface area contributed by atoms with E-state index in [0.717, 1.165) is 11.6 Å². The zero-order valence-electron chi connectivity index (χ0n) is 4.56. The molecule has 0 rings (SSSR count). The number of hydrogen-bond acceptors (Lipinski definition) is 2. The maximum atomic E-state index is 10.2. The minimum Gasteiger partial charge on any atom is -0.463 e. The lowest BCUT2D eigenvalue weighted by Crippen LogP contribution is -1.97. The molecule has 0 atom stereocenters. The number of rotatable bonds is 2. The van der Waals surface area contributed by atoms with E-state index in [-0.39, 0.29) is 0 Å². The lowest BCUT2D eigenvalue weighted by atomic mass is 10.6. The summed E-state index contributed by atoms with van der Waals surface area (Å²) < 4.78 is 4.47. The number of hydrogen-bond donors (Lipinski definition) is 0. The van der Waals surface area contributed by atoms with Crippen LogP contribution in [0.1, 0.15) is 6.92 Å². The van der Waals surface area contributed by atoms with Crippen LogP contribution in [0.5, 0.6) is 0 Å². The number of ether oxygens (including phenoxy) is 1. The molecule has 0 saturated heterocycles. The van der Waals surface area contributed by atoms with Gasteiger partial charge in [-0.3, -0.25) is 0 Å². The molecule has 0 aromatic heterocycles. The highest BCUT2D eigenvalue weighted by Gasteiger charge is 1.89. The Morgan fingerprint density at radius 3 is 2.88 bits per heavy atom. The van der Waals surface area contributed by atoms with Crippen molar-refractivity contribution in [3.8, 4) is 0 Å². The summed E-state index contributed by atoms with van der Waals surface area (Å²) in [5, 5.41) is 0. The van der Waals surface area contributed by atoms with Crippen LogP contribution >= 0.6 is 11.6 Å². The molecule has 0 N–H and O–H groups in total. The summed E-state index contributed by atoms with van der Waals surface area (Å²) in [5.41, 5.74) is 1.12. The van der Waals surface area contributed by atoms with E-state index in [4.69, 9.17) is 11.6 Å². The molecule has 0 bridgehead atoms. The van der Waals surface area contributed by atoms with Gasteiger partial charge in [-0.2, -0.15) is 0 Å². The van der Waals surface area contributed by atoms with Crippen LogP contribution in [0.15, 0.2) is 11.6 Å². The van der Waals surface area contributed by atoms with Crippen molar-refractivity contribution in [2.75, 3.05) is 6.61 Å². The summed E-state index contributed by atoms with van der Waals surface area (Å²) in [6, 6.07) is 0. The summed E-state index contributed by atoms with van der Waals surface area (Å²) in [6.45, 7) is 2.13. The summed E-state index contributed by atoms with van der Waals surface area (Å²) in [6.07, 6.45) is 1.16. The molecule has 0 fully saturated rings. The number of carbonyl (C=O) groups is 1. The first kappa shape index (κ1) is 7.50. The van der Waals surface area contributed by atoms with Crippen molar-refractivity contribution in [3.63, 3.8) is 0 Å². The minimum atomic E-state index is -0.400. The normalized spacial score (nSPS) is 9.75. The maximum Gasteiger partial charge on any atom is 0.331 e. The van der Waals surface area contributed by atoms with Crippen LogP contribution in [-0.4, -0.2) is 12.6 Å². The third kappa shape index (κ3) is 3.68. The highest BCUT2D eigenvalue weighted by Crippen LogP contribution is 1.82. The first-order chi connectivity index (χ1) is 3.81. The Morgan fingerprint density at radius 1 is 1.88 bits per heavy atom. The lowest BCUT2D eigenvalue weighted by molar-refractivity contribution is -0.137. The Bertz CT molecular complexity index is 98.6. The van der Waals surface area contributed by atoms with Crippen molar-refractivity contribution >= 4 is 17.6 Å². The van der Waals surface area contributed by atoms with E-state index in [1.54, 1.807) is 6.92 Å².